The molecule has 2 aromatic rings. The number of likely N-dealkylation sites (tertiary alicyclic amines) is 1. The first kappa shape index (κ1) is 17.2. The number of carbonyl (C=O) groups is 2. The van der Waals surface area contributed by atoms with Crippen LogP contribution in [0, 0.1) is 0 Å². The summed E-state index contributed by atoms with van der Waals surface area (Å²) in [5.41, 5.74) is 2.40. The second kappa shape index (κ2) is 7.19. The van der Waals surface area contributed by atoms with Crippen LogP contribution in [0.4, 0.5) is 5.00 Å². The van der Waals surface area contributed by atoms with Gasteiger partial charge in [0.05, 0.1) is 11.1 Å². The molecule has 5 nitrogen and oxygen atoms in total. The van der Waals surface area contributed by atoms with Crippen LogP contribution in [0.1, 0.15) is 63.8 Å². The van der Waals surface area contributed by atoms with Crippen molar-refractivity contribution in [2.24, 2.45) is 0 Å². The summed E-state index contributed by atoms with van der Waals surface area (Å²) in [6, 6.07) is 3.75. The molecule has 6 heteroatoms. The molecule has 0 aromatic carbocycles. The number of rotatable bonds is 3. The number of aryl methyl sites for hydroxylation is 1. The maximum Gasteiger partial charge on any atom is 0.257 e. The molecule has 1 saturated heterocycles. The molecular formula is C20H23N3O2S. The summed E-state index contributed by atoms with van der Waals surface area (Å²) in [6.45, 7) is 2.91. The van der Waals surface area contributed by atoms with Gasteiger partial charge in [-0.15, -0.1) is 11.3 Å². The minimum Gasteiger partial charge on any atom is -0.336 e. The van der Waals surface area contributed by atoms with Crippen molar-refractivity contribution in [3.05, 3.63) is 46.1 Å². The molecule has 1 aliphatic carbocycles. The quantitative estimate of drug-likeness (QED) is 0.892. The van der Waals surface area contributed by atoms with E-state index in [1.807, 2.05) is 4.90 Å². The first-order valence-electron chi connectivity index (χ1n) is 9.32. The lowest BCUT2D eigenvalue weighted by molar-refractivity contribution is 0.0747. The molecule has 2 aliphatic rings. The van der Waals surface area contributed by atoms with Crippen molar-refractivity contribution in [2.45, 2.75) is 51.5 Å². The molecule has 1 N–H and O–H groups in total. The van der Waals surface area contributed by atoms with Crippen LogP contribution in [-0.4, -0.2) is 34.3 Å². The number of thiophene rings is 1. The van der Waals surface area contributed by atoms with Gasteiger partial charge in [0.25, 0.3) is 11.8 Å². The number of nitrogens with zero attached hydrogens (tertiary/aromatic N) is 2. The minimum absolute atomic E-state index is 0.0795. The van der Waals surface area contributed by atoms with E-state index in [4.69, 9.17) is 0 Å². The Hall–Kier alpha value is -2.21. The van der Waals surface area contributed by atoms with E-state index in [9.17, 15) is 9.59 Å². The predicted octanol–water partition coefficient (Wildman–Crippen LogP) is 3.90. The first-order valence-corrected chi connectivity index (χ1v) is 10.1. The Bertz CT molecular complexity index is 831. The average molecular weight is 369 g/mol. The summed E-state index contributed by atoms with van der Waals surface area (Å²) in [5, 5.41) is 3.70. The molecule has 136 valence electrons. The summed E-state index contributed by atoms with van der Waals surface area (Å²) in [7, 11) is 0. The summed E-state index contributed by atoms with van der Waals surface area (Å²) < 4.78 is 0. The topological polar surface area (TPSA) is 62.3 Å². The predicted molar refractivity (Wildman–Crippen MR) is 103 cm³/mol. The molecule has 0 bridgehead atoms. The third kappa shape index (κ3) is 3.14. The van der Waals surface area contributed by atoms with Gasteiger partial charge >= 0.3 is 0 Å². The Morgan fingerprint density at radius 3 is 2.85 bits per heavy atom. The highest BCUT2D eigenvalue weighted by Gasteiger charge is 2.33. The normalized spacial score (nSPS) is 19.3. The average Bonchev–Trinajstić information content (AvgIpc) is 3.25. The van der Waals surface area contributed by atoms with Crippen LogP contribution in [0.25, 0.3) is 0 Å². The van der Waals surface area contributed by atoms with E-state index in [0.29, 0.717) is 10.6 Å². The van der Waals surface area contributed by atoms with E-state index in [-0.39, 0.29) is 17.9 Å². The largest absolute Gasteiger partial charge is 0.336 e. The Labute approximate surface area is 157 Å². The van der Waals surface area contributed by atoms with Crippen LogP contribution >= 0.6 is 11.3 Å². The Morgan fingerprint density at radius 2 is 2.12 bits per heavy atom. The van der Waals surface area contributed by atoms with Crippen molar-refractivity contribution in [3.63, 3.8) is 0 Å². The first-order chi connectivity index (χ1) is 12.6. The molecule has 1 fully saturated rings. The Balaban J connectivity index is 1.69. The molecule has 0 spiro atoms. The molecule has 26 heavy (non-hydrogen) atoms. The lowest BCUT2D eigenvalue weighted by Crippen LogP contribution is -2.34. The van der Waals surface area contributed by atoms with Crippen LogP contribution in [0.5, 0.6) is 0 Å². The van der Waals surface area contributed by atoms with Crippen LogP contribution in [0.3, 0.4) is 0 Å². The fourth-order valence-corrected chi connectivity index (χ4v) is 5.21. The van der Waals surface area contributed by atoms with Crippen LogP contribution in [0.2, 0.25) is 0 Å². The number of hydrogen-bond donors (Lipinski definition) is 1. The summed E-state index contributed by atoms with van der Waals surface area (Å²) >= 11 is 1.57. The Morgan fingerprint density at radius 1 is 1.27 bits per heavy atom. The van der Waals surface area contributed by atoms with E-state index in [2.05, 4.69) is 17.2 Å². The zero-order chi connectivity index (χ0) is 18.1. The molecule has 0 saturated carbocycles. The van der Waals surface area contributed by atoms with Crippen molar-refractivity contribution >= 4 is 28.2 Å². The van der Waals surface area contributed by atoms with Crippen LogP contribution < -0.4 is 5.32 Å². The smallest absolute Gasteiger partial charge is 0.257 e. The van der Waals surface area contributed by atoms with Gasteiger partial charge in [0.1, 0.15) is 5.00 Å². The molecule has 0 radical (unpaired) electrons. The van der Waals surface area contributed by atoms with Gasteiger partial charge in [-0.2, -0.15) is 0 Å². The van der Waals surface area contributed by atoms with Gasteiger partial charge in [0, 0.05) is 29.9 Å². The lowest BCUT2D eigenvalue weighted by Gasteiger charge is -2.23. The van der Waals surface area contributed by atoms with Gasteiger partial charge in [0.2, 0.25) is 0 Å². The number of pyridine rings is 1. The molecule has 4 rings (SSSR count). The zero-order valence-corrected chi connectivity index (χ0v) is 15.8. The van der Waals surface area contributed by atoms with Crippen molar-refractivity contribution in [1.29, 1.82) is 0 Å². The van der Waals surface area contributed by atoms with Crippen molar-refractivity contribution in [3.8, 4) is 0 Å². The molecular weight excluding hydrogens is 346 g/mol. The third-order valence-corrected chi connectivity index (χ3v) is 6.56. The van der Waals surface area contributed by atoms with Crippen molar-refractivity contribution < 1.29 is 9.59 Å². The van der Waals surface area contributed by atoms with E-state index in [1.165, 1.54) is 4.88 Å². The van der Waals surface area contributed by atoms with Gasteiger partial charge in [-0.25, -0.2) is 0 Å². The van der Waals surface area contributed by atoms with Gasteiger partial charge in [-0.1, -0.05) is 0 Å². The second-order valence-electron chi connectivity index (χ2n) is 7.10. The molecule has 2 aromatic heterocycles. The number of hydrogen-bond acceptors (Lipinski definition) is 4. The fourth-order valence-electron chi connectivity index (χ4n) is 3.93. The van der Waals surface area contributed by atoms with Gasteiger partial charge < -0.3 is 10.2 Å². The number of anilines is 1. The highest BCUT2D eigenvalue weighted by atomic mass is 32.1. The van der Waals surface area contributed by atoms with E-state index in [0.717, 1.165) is 56.2 Å². The Kier molecular flexibility index (Phi) is 4.76. The molecule has 1 atom stereocenters. The summed E-state index contributed by atoms with van der Waals surface area (Å²) in [6.07, 6.45) is 9.48. The van der Waals surface area contributed by atoms with Crippen molar-refractivity contribution in [1.82, 2.24) is 9.88 Å². The number of fused-ring (bicyclic) bond motifs is 1. The zero-order valence-electron chi connectivity index (χ0n) is 15.0. The standard InChI is InChI=1S/C20H23N3O2S/c1-13-6-5-11-23(13)20(25)17-15-8-2-3-9-16(15)26-19(17)22-18(24)14-7-4-10-21-12-14/h4,7,10,12-13H,2-3,5-6,8-9,11H2,1H3,(H,22,24). The summed E-state index contributed by atoms with van der Waals surface area (Å²) in [5.74, 6) is -0.129. The van der Waals surface area contributed by atoms with Crippen molar-refractivity contribution in [2.75, 3.05) is 11.9 Å². The number of amides is 2. The molecule has 2 amide bonds. The highest BCUT2D eigenvalue weighted by Crippen LogP contribution is 2.39. The number of carbonyl (C=O) groups excluding carboxylic acids is 2. The highest BCUT2D eigenvalue weighted by molar-refractivity contribution is 7.17. The van der Waals surface area contributed by atoms with Crippen LogP contribution in [-0.2, 0) is 12.8 Å². The number of aromatic nitrogens is 1. The maximum absolute atomic E-state index is 13.3. The van der Waals surface area contributed by atoms with E-state index in [1.54, 1.807) is 35.9 Å². The van der Waals surface area contributed by atoms with E-state index < -0.39 is 0 Å². The summed E-state index contributed by atoms with van der Waals surface area (Å²) in [4.78, 5) is 33.2. The second-order valence-corrected chi connectivity index (χ2v) is 8.21. The van der Waals surface area contributed by atoms with Gasteiger partial charge in [-0.05, 0) is 63.1 Å². The van der Waals surface area contributed by atoms with Gasteiger partial charge in [0.15, 0.2) is 0 Å². The maximum atomic E-state index is 13.3. The lowest BCUT2D eigenvalue weighted by atomic mass is 9.95. The van der Waals surface area contributed by atoms with E-state index >= 15 is 0 Å². The fraction of sp³-hybridized carbons (Fsp3) is 0.450. The molecule has 3 heterocycles. The third-order valence-electron chi connectivity index (χ3n) is 5.35. The minimum atomic E-state index is -0.208. The molecule has 1 aliphatic heterocycles. The monoisotopic (exact) mass is 369 g/mol. The number of nitrogens with one attached hydrogen (secondary N) is 1. The SMILES string of the molecule is CC1CCCN1C(=O)c1c(NC(=O)c2cccnc2)sc2c1CCCC2. The van der Waals surface area contributed by atoms with Crippen LogP contribution in [0.15, 0.2) is 24.5 Å². The molecule has 1 unspecified atom stereocenters. The van der Waals surface area contributed by atoms with Gasteiger partial charge in [-0.3, -0.25) is 14.6 Å².